The van der Waals surface area contributed by atoms with Gasteiger partial charge in [0.2, 0.25) is 0 Å². The molecule has 1 aliphatic heterocycles. The molecule has 0 radical (unpaired) electrons. The summed E-state index contributed by atoms with van der Waals surface area (Å²) in [7, 11) is 0. The highest BCUT2D eigenvalue weighted by molar-refractivity contribution is 9.10. The van der Waals surface area contributed by atoms with Gasteiger partial charge in [-0.1, -0.05) is 11.6 Å². The van der Waals surface area contributed by atoms with E-state index in [1.807, 2.05) is 6.07 Å². The molecule has 1 fully saturated rings. The van der Waals surface area contributed by atoms with Crippen LogP contribution in [-0.2, 0) is 0 Å². The van der Waals surface area contributed by atoms with Crippen molar-refractivity contribution in [1.29, 1.82) is 0 Å². The lowest BCUT2D eigenvalue weighted by molar-refractivity contribution is 0.574. The van der Waals surface area contributed by atoms with Gasteiger partial charge in [0.1, 0.15) is 5.82 Å². The molecule has 0 unspecified atom stereocenters. The van der Waals surface area contributed by atoms with E-state index in [1.165, 1.54) is 12.8 Å². The van der Waals surface area contributed by atoms with Crippen LogP contribution in [0.1, 0.15) is 19.3 Å². The van der Waals surface area contributed by atoms with Gasteiger partial charge >= 0.3 is 0 Å². The van der Waals surface area contributed by atoms with Gasteiger partial charge in [0.05, 0.1) is 9.50 Å². The molecule has 1 aromatic heterocycles. The Labute approximate surface area is 109 Å². The Bertz CT molecular complexity index is 353. The zero-order chi connectivity index (χ0) is 11.4. The van der Waals surface area contributed by atoms with E-state index in [4.69, 9.17) is 11.6 Å². The van der Waals surface area contributed by atoms with E-state index < -0.39 is 0 Å². The lowest BCUT2D eigenvalue weighted by Crippen LogP contribution is -2.24. The van der Waals surface area contributed by atoms with Gasteiger partial charge in [-0.25, -0.2) is 4.98 Å². The molecule has 3 nitrogen and oxygen atoms in total. The Morgan fingerprint density at radius 1 is 1.62 bits per heavy atom. The largest absolute Gasteiger partial charge is 0.369 e. The zero-order valence-corrected chi connectivity index (χ0v) is 11.3. The predicted octanol–water partition coefficient (Wildman–Crippen LogP) is 3.05. The molecule has 5 heteroatoms. The number of hydrogen-bond acceptors (Lipinski definition) is 3. The zero-order valence-electron chi connectivity index (χ0n) is 8.97. The second kappa shape index (κ2) is 5.84. The van der Waals surface area contributed by atoms with Crippen LogP contribution in [0.2, 0.25) is 5.02 Å². The number of nitrogens with zero attached hydrogens (tertiary/aromatic N) is 1. The lowest BCUT2D eigenvalue weighted by Gasteiger charge is -2.11. The Kier molecular flexibility index (Phi) is 4.44. The molecular weight excluding hydrogens is 289 g/mol. The van der Waals surface area contributed by atoms with Crippen LogP contribution in [0.3, 0.4) is 0 Å². The summed E-state index contributed by atoms with van der Waals surface area (Å²) in [6.45, 7) is 2.10. The van der Waals surface area contributed by atoms with Crippen molar-refractivity contribution in [3.63, 3.8) is 0 Å². The fourth-order valence-corrected chi connectivity index (χ4v) is 2.69. The lowest BCUT2D eigenvalue weighted by atomic mass is 10.1. The molecule has 2 heterocycles. The van der Waals surface area contributed by atoms with Crippen molar-refractivity contribution < 1.29 is 0 Å². The van der Waals surface area contributed by atoms with Crippen LogP contribution in [0.5, 0.6) is 0 Å². The smallest absolute Gasteiger partial charge is 0.140 e. The van der Waals surface area contributed by atoms with E-state index in [1.54, 1.807) is 6.20 Å². The maximum atomic E-state index is 5.82. The minimum Gasteiger partial charge on any atom is -0.369 e. The van der Waals surface area contributed by atoms with Crippen LogP contribution in [0.4, 0.5) is 5.82 Å². The third-order valence-electron chi connectivity index (χ3n) is 2.76. The molecule has 2 rings (SSSR count). The Morgan fingerprint density at radius 3 is 3.19 bits per heavy atom. The fourth-order valence-electron chi connectivity index (χ4n) is 1.91. The maximum absolute atomic E-state index is 5.82. The standard InChI is InChI=1S/C11H15BrClN3/c12-10-6-8(13)7-16-11(10)15-5-3-9-2-1-4-14-9/h6-7,9,14H,1-5H2,(H,15,16)/t9-/m0/s1. The SMILES string of the molecule is Clc1cnc(NCC[C@@H]2CCCN2)c(Br)c1. The number of anilines is 1. The molecule has 16 heavy (non-hydrogen) atoms. The molecule has 0 saturated carbocycles. The molecule has 88 valence electrons. The molecule has 0 bridgehead atoms. The predicted molar refractivity (Wildman–Crippen MR) is 71.1 cm³/mol. The van der Waals surface area contributed by atoms with Crippen LogP contribution >= 0.6 is 27.5 Å². The van der Waals surface area contributed by atoms with E-state index in [0.29, 0.717) is 11.1 Å². The second-order valence-electron chi connectivity index (χ2n) is 3.99. The van der Waals surface area contributed by atoms with Crippen LogP contribution < -0.4 is 10.6 Å². The van der Waals surface area contributed by atoms with Crippen LogP contribution in [-0.4, -0.2) is 24.1 Å². The highest BCUT2D eigenvalue weighted by Crippen LogP contribution is 2.23. The van der Waals surface area contributed by atoms with E-state index in [-0.39, 0.29) is 0 Å². The van der Waals surface area contributed by atoms with Crippen molar-refractivity contribution in [2.45, 2.75) is 25.3 Å². The van der Waals surface area contributed by atoms with Crippen molar-refractivity contribution in [2.24, 2.45) is 0 Å². The average molecular weight is 305 g/mol. The van der Waals surface area contributed by atoms with Gasteiger partial charge in [-0.15, -0.1) is 0 Å². The summed E-state index contributed by atoms with van der Waals surface area (Å²) in [5.74, 6) is 0.863. The summed E-state index contributed by atoms with van der Waals surface area (Å²) in [6, 6.07) is 2.52. The maximum Gasteiger partial charge on any atom is 0.140 e. The van der Waals surface area contributed by atoms with Crippen molar-refractivity contribution >= 4 is 33.3 Å². The summed E-state index contributed by atoms with van der Waals surface area (Å²) < 4.78 is 0.916. The minimum absolute atomic E-state index is 0.648. The van der Waals surface area contributed by atoms with Gasteiger partial charge in [-0.05, 0) is 47.8 Å². The molecule has 0 amide bonds. The molecule has 0 aliphatic carbocycles. The first-order valence-corrected chi connectivity index (χ1v) is 6.71. The third kappa shape index (κ3) is 3.34. The van der Waals surface area contributed by atoms with Gasteiger partial charge in [0.15, 0.2) is 0 Å². The first-order valence-electron chi connectivity index (χ1n) is 5.54. The van der Waals surface area contributed by atoms with Crippen molar-refractivity contribution in [1.82, 2.24) is 10.3 Å². The highest BCUT2D eigenvalue weighted by atomic mass is 79.9. The first-order chi connectivity index (χ1) is 7.75. The molecule has 0 spiro atoms. The van der Waals surface area contributed by atoms with Gasteiger partial charge < -0.3 is 10.6 Å². The third-order valence-corrected chi connectivity index (χ3v) is 3.57. The normalized spacial score (nSPS) is 20.0. The summed E-state index contributed by atoms with van der Waals surface area (Å²) in [4.78, 5) is 4.23. The first kappa shape index (κ1) is 12.1. The van der Waals surface area contributed by atoms with Gasteiger partial charge in [0.25, 0.3) is 0 Å². The van der Waals surface area contributed by atoms with Gasteiger partial charge in [-0.2, -0.15) is 0 Å². The molecule has 0 aromatic carbocycles. The number of hydrogen-bond donors (Lipinski definition) is 2. The Balaban J connectivity index is 1.80. The number of halogens is 2. The summed E-state index contributed by atoms with van der Waals surface area (Å²) in [5, 5.41) is 7.43. The molecule has 2 N–H and O–H groups in total. The Hall–Kier alpha value is -0.320. The summed E-state index contributed by atoms with van der Waals surface area (Å²) >= 11 is 9.26. The van der Waals surface area contributed by atoms with Crippen molar-refractivity contribution in [3.8, 4) is 0 Å². The van der Waals surface area contributed by atoms with E-state index in [2.05, 4.69) is 31.5 Å². The Morgan fingerprint density at radius 2 is 2.50 bits per heavy atom. The number of aromatic nitrogens is 1. The topological polar surface area (TPSA) is 37.0 Å². The highest BCUT2D eigenvalue weighted by Gasteiger charge is 2.13. The molecule has 1 atom stereocenters. The van der Waals surface area contributed by atoms with Crippen LogP contribution in [0.25, 0.3) is 0 Å². The summed E-state index contributed by atoms with van der Waals surface area (Å²) in [6.07, 6.45) is 5.38. The minimum atomic E-state index is 0.648. The van der Waals surface area contributed by atoms with Gasteiger partial charge in [0, 0.05) is 18.8 Å². The average Bonchev–Trinajstić information content (AvgIpc) is 2.74. The molecule has 1 aliphatic rings. The van der Waals surface area contributed by atoms with Gasteiger partial charge in [-0.3, -0.25) is 0 Å². The molecule has 1 aromatic rings. The van der Waals surface area contributed by atoms with E-state index in [0.717, 1.165) is 29.8 Å². The fraction of sp³-hybridized carbons (Fsp3) is 0.545. The van der Waals surface area contributed by atoms with Crippen molar-refractivity contribution in [3.05, 3.63) is 21.8 Å². The second-order valence-corrected chi connectivity index (χ2v) is 5.28. The van der Waals surface area contributed by atoms with Crippen molar-refractivity contribution in [2.75, 3.05) is 18.4 Å². The number of pyridine rings is 1. The van der Waals surface area contributed by atoms with Crippen LogP contribution in [0, 0.1) is 0 Å². The number of rotatable bonds is 4. The van der Waals surface area contributed by atoms with E-state index >= 15 is 0 Å². The number of nitrogens with one attached hydrogen (secondary N) is 2. The van der Waals surface area contributed by atoms with Crippen LogP contribution in [0.15, 0.2) is 16.7 Å². The summed E-state index contributed by atoms with van der Waals surface area (Å²) in [5.41, 5.74) is 0. The molecule has 1 saturated heterocycles. The molecular formula is C11H15BrClN3. The monoisotopic (exact) mass is 303 g/mol. The van der Waals surface area contributed by atoms with E-state index in [9.17, 15) is 0 Å². The quantitative estimate of drug-likeness (QED) is 0.898.